The number of benzene rings is 3. The Bertz CT molecular complexity index is 1440. The van der Waals surface area contributed by atoms with Crippen LogP contribution in [0.2, 0.25) is 0 Å². The Morgan fingerprint density at radius 2 is 1.67 bits per heavy atom. The molecule has 0 aliphatic carbocycles. The number of hydrogen-bond donors (Lipinski definition) is 2. The first-order valence-electron chi connectivity index (χ1n) is 11.9. The highest BCUT2D eigenvalue weighted by atomic mass is 19.4. The van der Waals surface area contributed by atoms with Crippen LogP contribution < -0.4 is 15.5 Å². The third-order valence-electron chi connectivity index (χ3n) is 6.18. The first-order chi connectivity index (χ1) is 18.5. The average molecular weight is 541 g/mol. The second-order valence-corrected chi connectivity index (χ2v) is 8.91. The number of aliphatic imine (C=N–C) groups is 1. The second-order valence-electron chi connectivity index (χ2n) is 8.91. The van der Waals surface area contributed by atoms with Crippen molar-refractivity contribution in [3.63, 3.8) is 0 Å². The van der Waals surface area contributed by atoms with E-state index in [0.29, 0.717) is 23.0 Å². The van der Waals surface area contributed by atoms with Crippen LogP contribution in [-0.4, -0.2) is 42.7 Å². The van der Waals surface area contributed by atoms with Crippen molar-refractivity contribution in [3.05, 3.63) is 101 Å². The highest BCUT2D eigenvalue weighted by Gasteiger charge is 2.35. The van der Waals surface area contributed by atoms with Crippen LogP contribution in [0.1, 0.15) is 29.2 Å². The number of carbonyl (C=O) groups is 3. The summed E-state index contributed by atoms with van der Waals surface area (Å²) in [5.41, 5.74) is 0.516. The van der Waals surface area contributed by atoms with E-state index >= 15 is 0 Å². The number of likely N-dealkylation sites (N-methyl/N-ethyl adjacent to an activating group) is 1. The van der Waals surface area contributed by atoms with Gasteiger partial charge in [-0.25, -0.2) is 9.38 Å². The highest BCUT2D eigenvalue weighted by Crippen LogP contribution is 2.32. The van der Waals surface area contributed by atoms with Crippen molar-refractivity contribution in [3.8, 4) is 0 Å². The standard InChI is InChI=1S/C28H24F4N4O3/c1-16(33-22(37)15-18-11-8-13-20(23(18)29)28(30,31)32)26(38)35-25-27(39)36(2)21-14-7-6-12-19(21)24(34-25)17-9-4-3-5-10-17/h3-14,16,25H,15H2,1-2H3,(H,33,37)(H,35,38)/t16-,25+/m0/s1. The number of fused-ring (bicyclic) bond motifs is 1. The number of para-hydroxylation sites is 1. The van der Waals surface area contributed by atoms with Crippen molar-refractivity contribution in [2.45, 2.75) is 31.7 Å². The lowest BCUT2D eigenvalue weighted by Gasteiger charge is -2.22. The summed E-state index contributed by atoms with van der Waals surface area (Å²) in [6.07, 6.45) is -6.96. The number of halogens is 4. The zero-order valence-electron chi connectivity index (χ0n) is 20.9. The topological polar surface area (TPSA) is 90.9 Å². The van der Waals surface area contributed by atoms with E-state index in [4.69, 9.17) is 0 Å². The molecule has 3 aromatic carbocycles. The summed E-state index contributed by atoms with van der Waals surface area (Å²) in [5.74, 6) is -3.71. The summed E-state index contributed by atoms with van der Waals surface area (Å²) in [6, 6.07) is 17.7. The molecular formula is C28H24F4N4O3. The van der Waals surface area contributed by atoms with E-state index in [0.717, 1.165) is 17.7 Å². The Labute approximate surface area is 221 Å². The van der Waals surface area contributed by atoms with Crippen LogP contribution >= 0.6 is 0 Å². The number of benzodiazepines with no additional fused rings is 1. The molecule has 0 spiro atoms. The van der Waals surface area contributed by atoms with Gasteiger partial charge in [0.15, 0.2) is 0 Å². The van der Waals surface area contributed by atoms with Crippen LogP contribution in [0.25, 0.3) is 0 Å². The quantitative estimate of drug-likeness (QED) is 0.466. The first-order valence-corrected chi connectivity index (χ1v) is 11.9. The molecule has 2 N–H and O–H groups in total. The Morgan fingerprint density at radius 3 is 2.36 bits per heavy atom. The molecule has 0 saturated carbocycles. The molecule has 4 rings (SSSR count). The van der Waals surface area contributed by atoms with Gasteiger partial charge in [0.2, 0.25) is 18.0 Å². The zero-order valence-corrected chi connectivity index (χ0v) is 20.9. The molecule has 0 radical (unpaired) electrons. The second kappa shape index (κ2) is 11.1. The molecule has 0 saturated heterocycles. The third kappa shape index (κ3) is 5.97. The van der Waals surface area contributed by atoms with E-state index < -0.39 is 59.5 Å². The van der Waals surface area contributed by atoms with Crippen molar-refractivity contribution in [2.75, 3.05) is 11.9 Å². The van der Waals surface area contributed by atoms with Gasteiger partial charge in [-0.15, -0.1) is 0 Å². The fraction of sp³-hybridized carbons (Fsp3) is 0.214. The molecule has 1 aliphatic rings. The van der Waals surface area contributed by atoms with Crippen molar-refractivity contribution >= 4 is 29.1 Å². The lowest BCUT2D eigenvalue weighted by Crippen LogP contribution is -2.52. The number of anilines is 1. The molecule has 11 heteroatoms. The van der Waals surface area contributed by atoms with Crippen molar-refractivity contribution in [1.29, 1.82) is 0 Å². The molecule has 1 heterocycles. The minimum atomic E-state index is -4.92. The molecule has 0 fully saturated rings. The summed E-state index contributed by atoms with van der Waals surface area (Å²) < 4.78 is 53.2. The van der Waals surface area contributed by atoms with Crippen LogP contribution in [0.4, 0.5) is 23.2 Å². The molecule has 39 heavy (non-hydrogen) atoms. The van der Waals surface area contributed by atoms with Gasteiger partial charge in [0, 0.05) is 18.2 Å². The normalized spacial score (nSPS) is 16.1. The van der Waals surface area contributed by atoms with Gasteiger partial charge >= 0.3 is 6.18 Å². The van der Waals surface area contributed by atoms with Gasteiger partial charge < -0.3 is 15.5 Å². The Morgan fingerprint density at radius 1 is 1.00 bits per heavy atom. The van der Waals surface area contributed by atoms with E-state index in [9.17, 15) is 31.9 Å². The summed E-state index contributed by atoms with van der Waals surface area (Å²) in [6.45, 7) is 1.33. The van der Waals surface area contributed by atoms with Crippen molar-refractivity contribution in [2.24, 2.45) is 4.99 Å². The fourth-order valence-electron chi connectivity index (χ4n) is 4.17. The summed E-state index contributed by atoms with van der Waals surface area (Å²) in [4.78, 5) is 44.6. The molecule has 0 unspecified atom stereocenters. The van der Waals surface area contributed by atoms with Gasteiger partial charge in [-0.3, -0.25) is 14.4 Å². The van der Waals surface area contributed by atoms with E-state index in [1.807, 2.05) is 36.4 Å². The lowest BCUT2D eigenvalue weighted by atomic mass is 10.0. The van der Waals surface area contributed by atoms with Gasteiger partial charge in [-0.05, 0) is 24.6 Å². The summed E-state index contributed by atoms with van der Waals surface area (Å²) >= 11 is 0. The SMILES string of the molecule is C[C@H](NC(=O)Cc1cccc(C(F)(F)F)c1F)C(=O)N[C@H]1N=C(c2ccccc2)c2ccccc2N(C)C1=O. The summed E-state index contributed by atoms with van der Waals surface area (Å²) in [7, 11) is 1.55. The van der Waals surface area contributed by atoms with Gasteiger partial charge in [0.1, 0.15) is 11.9 Å². The average Bonchev–Trinajstić information content (AvgIpc) is 3.00. The lowest BCUT2D eigenvalue weighted by molar-refractivity contribution is -0.140. The third-order valence-corrected chi connectivity index (χ3v) is 6.18. The summed E-state index contributed by atoms with van der Waals surface area (Å²) in [5, 5.41) is 4.86. The highest BCUT2D eigenvalue weighted by molar-refractivity contribution is 6.20. The molecule has 7 nitrogen and oxygen atoms in total. The first kappa shape index (κ1) is 27.5. The van der Waals surface area contributed by atoms with E-state index in [2.05, 4.69) is 15.6 Å². The largest absolute Gasteiger partial charge is 0.419 e. The Hall–Kier alpha value is -4.54. The molecule has 3 amide bonds. The van der Waals surface area contributed by atoms with E-state index in [-0.39, 0.29) is 0 Å². The maximum Gasteiger partial charge on any atom is 0.419 e. The number of hydrogen-bond acceptors (Lipinski definition) is 4. The zero-order chi connectivity index (χ0) is 28.3. The predicted molar refractivity (Wildman–Crippen MR) is 137 cm³/mol. The Kier molecular flexibility index (Phi) is 7.80. The Balaban J connectivity index is 1.52. The number of alkyl halides is 3. The van der Waals surface area contributed by atoms with Gasteiger partial charge in [-0.2, -0.15) is 13.2 Å². The minimum absolute atomic E-state index is 0.467. The van der Waals surface area contributed by atoms with Crippen LogP contribution in [0.15, 0.2) is 77.8 Å². The van der Waals surface area contributed by atoms with Gasteiger partial charge in [-0.1, -0.05) is 60.7 Å². The van der Waals surface area contributed by atoms with Crippen LogP contribution in [0.5, 0.6) is 0 Å². The molecule has 2 atom stereocenters. The number of nitrogens with one attached hydrogen (secondary N) is 2. The smallest absolute Gasteiger partial charge is 0.344 e. The molecule has 0 aromatic heterocycles. The van der Waals surface area contributed by atoms with E-state index in [1.54, 1.807) is 25.2 Å². The number of rotatable bonds is 6. The number of amides is 3. The number of nitrogens with zero attached hydrogens (tertiary/aromatic N) is 2. The molecule has 202 valence electrons. The minimum Gasteiger partial charge on any atom is -0.344 e. The molecular weight excluding hydrogens is 516 g/mol. The molecule has 1 aliphatic heterocycles. The van der Waals surface area contributed by atoms with Crippen LogP contribution in [-0.2, 0) is 27.0 Å². The molecule has 0 bridgehead atoms. The van der Waals surface area contributed by atoms with Crippen LogP contribution in [0, 0.1) is 5.82 Å². The maximum absolute atomic E-state index is 14.3. The maximum atomic E-state index is 14.3. The molecule has 3 aromatic rings. The number of carbonyl (C=O) groups excluding carboxylic acids is 3. The van der Waals surface area contributed by atoms with Gasteiger partial charge in [0.25, 0.3) is 5.91 Å². The fourth-order valence-corrected chi connectivity index (χ4v) is 4.17. The monoisotopic (exact) mass is 540 g/mol. The van der Waals surface area contributed by atoms with E-state index in [1.165, 1.54) is 11.8 Å². The van der Waals surface area contributed by atoms with Crippen molar-refractivity contribution in [1.82, 2.24) is 10.6 Å². The van der Waals surface area contributed by atoms with Gasteiger partial charge in [0.05, 0.1) is 23.4 Å². The van der Waals surface area contributed by atoms with Crippen molar-refractivity contribution < 1.29 is 31.9 Å². The van der Waals surface area contributed by atoms with Crippen LogP contribution in [0.3, 0.4) is 0 Å². The predicted octanol–water partition coefficient (Wildman–Crippen LogP) is 3.85.